The Bertz CT molecular complexity index is 669. The van der Waals surface area contributed by atoms with Crippen LogP contribution < -0.4 is 21.3 Å². The Morgan fingerprint density at radius 1 is 1.18 bits per heavy atom. The predicted molar refractivity (Wildman–Crippen MR) is 85.9 cm³/mol. The third-order valence-electron chi connectivity index (χ3n) is 3.55. The van der Waals surface area contributed by atoms with E-state index in [9.17, 15) is 4.79 Å². The van der Waals surface area contributed by atoms with E-state index in [1.54, 1.807) is 0 Å². The summed E-state index contributed by atoms with van der Waals surface area (Å²) in [5, 5.41) is 6.20. The first-order valence-corrected chi connectivity index (χ1v) is 7.18. The van der Waals surface area contributed by atoms with Crippen molar-refractivity contribution < 1.29 is 4.79 Å². The zero-order valence-corrected chi connectivity index (χ0v) is 12.1. The molecule has 0 radical (unpaired) electrons. The number of aromatic nitrogens is 2. The fourth-order valence-corrected chi connectivity index (χ4v) is 2.47. The fourth-order valence-electron chi connectivity index (χ4n) is 2.47. The second kappa shape index (κ2) is 6.40. The molecule has 0 atom stereocenters. The summed E-state index contributed by atoms with van der Waals surface area (Å²) < 4.78 is 0. The van der Waals surface area contributed by atoms with Gasteiger partial charge in [0.1, 0.15) is 0 Å². The molecule has 0 bridgehead atoms. The molecule has 0 saturated carbocycles. The first kappa shape index (κ1) is 14.3. The van der Waals surface area contributed by atoms with Gasteiger partial charge in [0.05, 0.1) is 11.4 Å². The van der Waals surface area contributed by atoms with Crippen LogP contribution in [0.25, 0.3) is 0 Å². The van der Waals surface area contributed by atoms with Gasteiger partial charge in [0.25, 0.3) is 5.91 Å². The van der Waals surface area contributed by atoms with E-state index in [0.29, 0.717) is 0 Å². The van der Waals surface area contributed by atoms with E-state index in [1.807, 2.05) is 24.3 Å². The van der Waals surface area contributed by atoms with Crippen LogP contribution in [0.2, 0.25) is 0 Å². The maximum absolute atomic E-state index is 12.3. The van der Waals surface area contributed by atoms with Crippen LogP contribution >= 0.6 is 0 Å². The third kappa shape index (κ3) is 2.99. The van der Waals surface area contributed by atoms with Crippen LogP contribution in [0.1, 0.15) is 10.5 Å². The van der Waals surface area contributed by atoms with Crippen LogP contribution in [0.4, 0.5) is 17.2 Å². The molecule has 1 aliphatic rings. The summed E-state index contributed by atoms with van der Waals surface area (Å²) in [6.45, 7) is 3.67. The van der Waals surface area contributed by atoms with Crippen molar-refractivity contribution in [2.75, 3.05) is 42.1 Å². The monoisotopic (exact) mass is 298 g/mol. The number of nitrogens with one attached hydrogen (secondary N) is 2. The molecule has 1 aliphatic heterocycles. The average Bonchev–Trinajstić information content (AvgIpc) is 2.56. The lowest BCUT2D eigenvalue weighted by atomic mass is 10.2. The molecule has 1 fully saturated rings. The van der Waals surface area contributed by atoms with Crippen molar-refractivity contribution in [1.82, 2.24) is 15.3 Å². The van der Waals surface area contributed by atoms with Crippen molar-refractivity contribution in [2.24, 2.45) is 0 Å². The van der Waals surface area contributed by atoms with Crippen molar-refractivity contribution in [3.05, 3.63) is 42.4 Å². The van der Waals surface area contributed by atoms with E-state index in [-0.39, 0.29) is 17.4 Å². The van der Waals surface area contributed by atoms with Crippen molar-refractivity contribution in [3.63, 3.8) is 0 Å². The number of hydrogen-bond acceptors (Lipinski definition) is 6. The van der Waals surface area contributed by atoms with E-state index in [4.69, 9.17) is 5.73 Å². The molecular weight excluding hydrogens is 280 g/mol. The third-order valence-corrected chi connectivity index (χ3v) is 3.55. The molecule has 2 aromatic rings. The minimum Gasteiger partial charge on any atom is -0.382 e. The second-order valence-electron chi connectivity index (χ2n) is 5.00. The minimum absolute atomic E-state index is 0.125. The Labute approximate surface area is 128 Å². The summed E-state index contributed by atoms with van der Waals surface area (Å²) in [5.41, 5.74) is 7.59. The summed E-state index contributed by atoms with van der Waals surface area (Å²) in [6, 6.07) is 7.73. The van der Waals surface area contributed by atoms with Gasteiger partial charge in [-0.05, 0) is 12.1 Å². The highest BCUT2D eigenvalue weighted by molar-refractivity contribution is 6.07. The summed E-state index contributed by atoms with van der Waals surface area (Å²) in [6.07, 6.45) is 2.91. The molecule has 3 rings (SSSR count). The molecule has 114 valence electrons. The number of benzene rings is 1. The molecule has 1 aromatic carbocycles. The molecule has 2 heterocycles. The Balaban J connectivity index is 1.83. The molecule has 0 aliphatic carbocycles. The van der Waals surface area contributed by atoms with Crippen molar-refractivity contribution >= 4 is 23.1 Å². The maximum atomic E-state index is 12.3. The Morgan fingerprint density at radius 2 is 1.91 bits per heavy atom. The number of nitrogen functional groups attached to an aromatic ring is 1. The number of carbonyl (C=O) groups excluding carboxylic acids is 1. The van der Waals surface area contributed by atoms with Gasteiger partial charge >= 0.3 is 0 Å². The van der Waals surface area contributed by atoms with Gasteiger partial charge in [-0.3, -0.25) is 4.79 Å². The fraction of sp³-hybridized carbons (Fsp3) is 0.267. The number of rotatable bonds is 3. The van der Waals surface area contributed by atoms with Crippen molar-refractivity contribution in [1.29, 1.82) is 0 Å². The van der Waals surface area contributed by atoms with Crippen LogP contribution in [-0.2, 0) is 0 Å². The molecule has 7 nitrogen and oxygen atoms in total. The lowest BCUT2D eigenvalue weighted by molar-refractivity contribution is 0.102. The smallest absolute Gasteiger partial charge is 0.278 e. The number of piperazine rings is 1. The molecular formula is C15H18N6O. The first-order chi connectivity index (χ1) is 10.8. The number of para-hydroxylation sites is 2. The molecule has 4 N–H and O–H groups in total. The van der Waals surface area contributed by atoms with Gasteiger partial charge in [-0.15, -0.1) is 0 Å². The van der Waals surface area contributed by atoms with Crippen molar-refractivity contribution in [2.45, 2.75) is 0 Å². The summed E-state index contributed by atoms with van der Waals surface area (Å²) in [4.78, 5) is 22.5. The van der Waals surface area contributed by atoms with E-state index in [1.165, 1.54) is 12.4 Å². The summed E-state index contributed by atoms with van der Waals surface area (Å²) >= 11 is 0. The molecule has 0 spiro atoms. The van der Waals surface area contributed by atoms with Crippen LogP contribution in [0.3, 0.4) is 0 Å². The van der Waals surface area contributed by atoms with E-state index >= 15 is 0 Å². The van der Waals surface area contributed by atoms with Gasteiger partial charge in [-0.25, -0.2) is 9.97 Å². The number of nitrogens with two attached hydrogens (primary N) is 1. The highest BCUT2D eigenvalue weighted by Gasteiger charge is 2.17. The van der Waals surface area contributed by atoms with Crippen LogP contribution in [-0.4, -0.2) is 42.1 Å². The van der Waals surface area contributed by atoms with Crippen molar-refractivity contribution in [3.8, 4) is 0 Å². The van der Waals surface area contributed by atoms with Gasteiger partial charge in [0, 0.05) is 38.6 Å². The van der Waals surface area contributed by atoms with Crippen LogP contribution in [0.5, 0.6) is 0 Å². The SMILES string of the molecule is Nc1nccnc1C(=O)Nc1ccccc1N1CCNCC1. The van der Waals surface area contributed by atoms with E-state index < -0.39 is 0 Å². The Morgan fingerprint density at radius 3 is 2.68 bits per heavy atom. The molecule has 22 heavy (non-hydrogen) atoms. The molecule has 0 unspecified atom stereocenters. The number of carbonyl (C=O) groups is 1. The average molecular weight is 298 g/mol. The number of nitrogens with zero attached hydrogens (tertiary/aromatic N) is 3. The van der Waals surface area contributed by atoms with Gasteiger partial charge in [0.15, 0.2) is 11.5 Å². The number of amides is 1. The molecule has 1 saturated heterocycles. The van der Waals surface area contributed by atoms with Gasteiger partial charge in [0.2, 0.25) is 0 Å². The lowest BCUT2D eigenvalue weighted by Gasteiger charge is -2.31. The van der Waals surface area contributed by atoms with Gasteiger partial charge < -0.3 is 21.3 Å². The maximum Gasteiger partial charge on any atom is 0.278 e. The predicted octanol–water partition coefficient (Wildman–Crippen LogP) is 0.721. The second-order valence-corrected chi connectivity index (χ2v) is 5.00. The highest BCUT2D eigenvalue weighted by atomic mass is 16.1. The summed E-state index contributed by atoms with van der Waals surface area (Å²) in [7, 11) is 0. The normalized spacial score (nSPS) is 14.6. The topological polar surface area (TPSA) is 96.2 Å². The quantitative estimate of drug-likeness (QED) is 0.773. The minimum atomic E-state index is -0.354. The molecule has 1 amide bonds. The summed E-state index contributed by atoms with van der Waals surface area (Å²) in [5.74, 6) is -0.229. The number of hydrogen-bond donors (Lipinski definition) is 3. The Kier molecular flexibility index (Phi) is 4.15. The van der Waals surface area contributed by atoms with E-state index in [2.05, 4.69) is 25.5 Å². The zero-order chi connectivity index (χ0) is 15.4. The first-order valence-electron chi connectivity index (χ1n) is 7.18. The van der Waals surface area contributed by atoms with E-state index in [0.717, 1.165) is 37.6 Å². The largest absolute Gasteiger partial charge is 0.382 e. The number of anilines is 3. The zero-order valence-electron chi connectivity index (χ0n) is 12.1. The Hall–Kier alpha value is -2.67. The standard InChI is InChI=1S/C15H18N6O/c16-14-13(18-5-6-19-14)15(22)20-11-3-1-2-4-12(11)21-9-7-17-8-10-21/h1-6,17H,7-10H2,(H2,16,19)(H,20,22). The highest BCUT2D eigenvalue weighted by Crippen LogP contribution is 2.26. The van der Waals surface area contributed by atoms with Gasteiger partial charge in [-0.2, -0.15) is 0 Å². The van der Waals surface area contributed by atoms with Gasteiger partial charge in [-0.1, -0.05) is 12.1 Å². The molecule has 7 heteroatoms. The van der Waals surface area contributed by atoms with Crippen LogP contribution in [0, 0.1) is 0 Å². The molecule has 1 aromatic heterocycles. The van der Waals surface area contributed by atoms with Crippen LogP contribution in [0.15, 0.2) is 36.7 Å². The lowest BCUT2D eigenvalue weighted by Crippen LogP contribution is -2.43.